The van der Waals surface area contributed by atoms with Gasteiger partial charge in [-0.25, -0.2) is 0 Å². The average Bonchev–Trinajstić information content (AvgIpc) is 2.27. The van der Waals surface area contributed by atoms with Crippen LogP contribution in [0.25, 0.3) is 0 Å². The van der Waals surface area contributed by atoms with Crippen LogP contribution in [0.4, 0.5) is 0 Å². The number of hydrogen-bond donors (Lipinski definition) is 2. The second-order valence-electron chi connectivity index (χ2n) is 5.70. The van der Waals surface area contributed by atoms with Crippen molar-refractivity contribution in [2.45, 2.75) is 52.3 Å². The molecule has 1 aromatic rings. The molecule has 0 unspecified atom stereocenters. The van der Waals surface area contributed by atoms with Gasteiger partial charge in [-0.05, 0) is 37.6 Å². The SMILES string of the molecule is CC(C)NCc1cc(OCCC(C)(C)O)ccc1Br. The standard InChI is InChI=1S/C15H24BrNO2/c1-11(2)17-10-12-9-13(5-6-14(12)16)19-8-7-15(3,4)18/h5-6,9,11,17-18H,7-8,10H2,1-4H3. The van der Waals surface area contributed by atoms with Gasteiger partial charge in [-0.3, -0.25) is 0 Å². The molecule has 1 rings (SSSR count). The highest BCUT2D eigenvalue weighted by Gasteiger charge is 2.12. The molecule has 0 saturated heterocycles. The predicted molar refractivity (Wildman–Crippen MR) is 82.5 cm³/mol. The summed E-state index contributed by atoms with van der Waals surface area (Å²) in [6.07, 6.45) is 0.614. The number of hydrogen-bond acceptors (Lipinski definition) is 3. The van der Waals surface area contributed by atoms with Gasteiger partial charge in [0.2, 0.25) is 0 Å². The highest BCUT2D eigenvalue weighted by atomic mass is 79.9. The number of nitrogens with one attached hydrogen (secondary N) is 1. The molecule has 0 saturated carbocycles. The zero-order valence-electron chi connectivity index (χ0n) is 12.2. The molecule has 0 aromatic heterocycles. The van der Waals surface area contributed by atoms with E-state index in [0.717, 1.165) is 16.8 Å². The van der Waals surface area contributed by atoms with Crippen LogP contribution < -0.4 is 10.1 Å². The molecule has 0 amide bonds. The van der Waals surface area contributed by atoms with Gasteiger partial charge >= 0.3 is 0 Å². The Morgan fingerprint density at radius 1 is 1.37 bits per heavy atom. The van der Waals surface area contributed by atoms with Crippen LogP contribution in [0.3, 0.4) is 0 Å². The third kappa shape index (κ3) is 6.95. The summed E-state index contributed by atoms with van der Waals surface area (Å²) in [4.78, 5) is 0. The molecule has 0 atom stereocenters. The van der Waals surface area contributed by atoms with Crippen molar-refractivity contribution in [3.63, 3.8) is 0 Å². The number of halogens is 1. The Morgan fingerprint density at radius 2 is 2.05 bits per heavy atom. The first-order chi connectivity index (χ1) is 8.78. The minimum absolute atomic E-state index is 0.451. The molecule has 0 aliphatic carbocycles. The summed E-state index contributed by atoms with van der Waals surface area (Å²) in [5, 5.41) is 13.0. The maximum atomic E-state index is 9.64. The number of benzene rings is 1. The van der Waals surface area contributed by atoms with Crippen LogP contribution in [-0.2, 0) is 6.54 Å². The molecular formula is C15H24BrNO2. The van der Waals surface area contributed by atoms with Gasteiger partial charge in [0.25, 0.3) is 0 Å². The van der Waals surface area contributed by atoms with Crippen molar-refractivity contribution in [2.75, 3.05) is 6.61 Å². The van der Waals surface area contributed by atoms with E-state index in [-0.39, 0.29) is 0 Å². The van der Waals surface area contributed by atoms with Crippen molar-refractivity contribution < 1.29 is 9.84 Å². The third-order valence-corrected chi connectivity index (χ3v) is 3.47. The van der Waals surface area contributed by atoms with Crippen LogP contribution in [0.15, 0.2) is 22.7 Å². The van der Waals surface area contributed by atoms with Crippen molar-refractivity contribution in [1.82, 2.24) is 5.32 Å². The van der Waals surface area contributed by atoms with E-state index in [1.807, 2.05) is 18.2 Å². The normalized spacial score (nSPS) is 11.9. The average molecular weight is 330 g/mol. The summed E-state index contributed by atoms with van der Waals surface area (Å²) in [5.41, 5.74) is 0.492. The highest BCUT2D eigenvalue weighted by molar-refractivity contribution is 9.10. The van der Waals surface area contributed by atoms with Gasteiger partial charge in [-0.15, -0.1) is 0 Å². The molecule has 0 bridgehead atoms. The fraction of sp³-hybridized carbons (Fsp3) is 0.600. The Balaban J connectivity index is 2.57. The largest absolute Gasteiger partial charge is 0.493 e. The van der Waals surface area contributed by atoms with E-state index in [9.17, 15) is 5.11 Å². The summed E-state index contributed by atoms with van der Waals surface area (Å²) >= 11 is 3.54. The zero-order valence-corrected chi connectivity index (χ0v) is 13.8. The monoisotopic (exact) mass is 329 g/mol. The Hall–Kier alpha value is -0.580. The number of aliphatic hydroxyl groups is 1. The Bertz CT molecular complexity index is 400. The van der Waals surface area contributed by atoms with Crippen LogP contribution >= 0.6 is 15.9 Å². The summed E-state index contributed by atoms with van der Waals surface area (Å²) in [7, 11) is 0. The van der Waals surface area contributed by atoms with Gasteiger partial charge in [0.05, 0.1) is 12.2 Å². The molecule has 0 spiro atoms. The fourth-order valence-electron chi connectivity index (χ4n) is 1.51. The molecule has 1 aromatic carbocycles. The molecule has 2 N–H and O–H groups in total. The predicted octanol–water partition coefficient (Wildman–Crippen LogP) is 3.49. The van der Waals surface area contributed by atoms with Gasteiger partial charge in [-0.2, -0.15) is 0 Å². The maximum absolute atomic E-state index is 9.64. The summed E-state index contributed by atoms with van der Waals surface area (Å²) in [6.45, 7) is 9.14. The van der Waals surface area contributed by atoms with E-state index in [4.69, 9.17) is 4.74 Å². The Morgan fingerprint density at radius 3 is 2.63 bits per heavy atom. The Labute approximate surface area is 124 Å². The van der Waals surface area contributed by atoms with E-state index in [1.165, 1.54) is 5.56 Å². The maximum Gasteiger partial charge on any atom is 0.119 e. The first kappa shape index (κ1) is 16.5. The molecule has 0 aliphatic heterocycles. The van der Waals surface area contributed by atoms with Crippen LogP contribution in [0, 0.1) is 0 Å². The first-order valence-electron chi connectivity index (χ1n) is 6.65. The topological polar surface area (TPSA) is 41.5 Å². The van der Waals surface area contributed by atoms with E-state index in [1.54, 1.807) is 13.8 Å². The van der Waals surface area contributed by atoms with E-state index in [2.05, 4.69) is 35.1 Å². The minimum Gasteiger partial charge on any atom is -0.493 e. The lowest BCUT2D eigenvalue weighted by Gasteiger charge is -2.17. The van der Waals surface area contributed by atoms with E-state index < -0.39 is 5.60 Å². The zero-order chi connectivity index (χ0) is 14.5. The van der Waals surface area contributed by atoms with E-state index >= 15 is 0 Å². The fourth-order valence-corrected chi connectivity index (χ4v) is 1.90. The van der Waals surface area contributed by atoms with Crippen molar-refractivity contribution in [2.24, 2.45) is 0 Å². The lowest BCUT2D eigenvalue weighted by molar-refractivity contribution is 0.0553. The van der Waals surface area contributed by atoms with Gasteiger partial charge in [-0.1, -0.05) is 29.8 Å². The lowest BCUT2D eigenvalue weighted by atomic mass is 10.1. The third-order valence-electron chi connectivity index (χ3n) is 2.70. The van der Waals surface area contributed by atoms with Crippen molar-refractivity contribution >= 4 is 15.9 Å². The smallest absolute Gasteiger partial charge is 0.119 e. The molecule has 0 radical (unpaired) electrons. The first-order valence-corrected chi connectivity index (χ1v) is 7.44. The minimum atomic E-state index is -0.683. The summed E-state index contributed by atoms with van der Waals surface area (Å²) in [6, 6.07) is 6.42. The summed E-state index contributed by atoms with van der Waals surface area (Å²) in [5.74, 6) is 0.841. The number of ether oxygens (including phenoxy) is 1. The molecular weight excluding hydrogens is 306 g/mol. The van der Waals surface area contributed by atoms with Crippen LogP contribution in [-0.4, -0.2) is 23.4 Å². The molecule has 0 heterocycles. The molecule has 19 heavy (non-hydrogen) atoms. The van der Waals surface area contributed by atoms with Gasteiger partial charge in [0.15, 0.2) is 0 Å². The molecule has 0 fully saturated rings. The van der Waals surface area contributed by atoms with Crippen LogP contribution in [0.5, 0.6) is 5.75 Å². The molecule has 4 heteroatoms. The second-order valence-corrected chi connectivity index (χ2v) is 6.55. The Kier molecular flexibility index (Phi) is 6.30. The van der Waals surface area contributed by atoms with Crippen LogP contribution in [0.1, 0.15) is 39.7 Å². The lowest BCUT2D eigenvalue weighted by Crippen LogP contribution is -2.22. The van der Waals surface area contributed by atoms with Crippen molar-refractivity contribution in [3.8, 4) is 5.75 Å². The van der Waals surface area contributed by atoms with Crippen molar-refractivity contribution in [1.29, 1.82) is 0 Å². The van der Waals surface area contributed by atoms with E-state index in [0.29, 0.717) is 19.1 Å². The molecule has 0 aliphatic rings. The quantitative estimate of drug-likeness (QED) is 0.804. The van der Waals surface area contributed by atoms with Crippen molar-refractivity contribution in [3.05, 3.63) is 28.2 Å². The number of rotatable bonds is 7. The summed E-state index contributed by atoms with van der Waals surface area (Å²) < 4.78 is 6.76. The van der Waals surface area contributed by atoms with Gasteiger partial charge < -0.3 is 15.2 Å². The van der Waals surface area contributed by atoms with Gasteiger partial charge in [0, 0.05) is 23.5 Å². The van der Waals surface area contributed by atoms with Gasteiger partial charge in [0.1, 0.15) is 5.75 Å². The highest BCUT2D eigenvalue weighted by Crippen LogP contribution is 2.23. The van der Waals surface area contributed by atoms with Crippen LogP contribution in [0.2, 0.25) is 0 Å². The molecule has 3 nitrogen and oxygen atoms in total. The molecule has 108 valence electrons. The second kappa shape index (κ2) is 7.27.